The average molecular weight is 843 g/mol. The third-order valence-corrected chi connectivity index (χ3v) is 12.2. The molecule has 8 aromatic carbocycles. The highest BCUT2D eigenvalue weighted by molar-refractivity contribution is 6.10. The summed E-state index contributed by atoms with van der Waals surface area (Å²) < 4.78 is 0. The molecule has 308 valence electrons. The van der Waals surface area contributed by atoms with Crippen molar-refractivity contribution < 1.29 is 0 Å². The molecule has 0 saturated carbocycles. The fourth-order valence-electron chi connectivity index (χ4n) is 8.87. The van der Waals surface area contributed by atoms with Crippen LogP contribution in [0.25, 0.3) is 123 Å². The second kappa shape index (κ2) is 16.6. The summed E-state index contributed by atoms with van der Waals surface area (Å²) in [6.45, 7) is 0. The fraction of sp³-hybridized carbons (Fsp3) is 0. The molecule has 0 spiro atoms. The first-order valence-electron chi connectivity index (χ1n) is 22.0. The number of pyridine rings is 3. The monoisotopic (exact) mass is 842 g/mol. The molecule has 6 heteroatoms. The van der Waals surface area contributed by atoms with Gasteiger partial charge in [-0.25, -0.2) is 24.9 Å². The van der Waals surface area contributed by atoms with Crippen molar-refractivity contribution in [3.63, 3.8) is 0 Å². The van der Waals surface area contributed by atoms with E-state index in [1.54, 1.807) is 0 Å². The van der Waals surface area contributed by atoms with Crippen LogP contribution < -0.4 is 0 Å². The van der Waals surface area contributed by atoms with Crippen LogP contribution in [0, 0.1) is 0 Å². The molecule has 0 amide bonds. The van der Waals surface area contributed by atoms with Gasteiger partial charge in [0.05, 0.1) is 22.4 Å². The molecule has 0 bridgehead atoms. The molecule has 6 nitrogen and oxygen atoms in total. The van der Waals surface area contributed by atoms with E-state index in [1.165, 1.54) is 0 Å². The molecule has 0 aliphatic carbocycles. The van der Waals surface area contributed by atoms with Crippen LogP contribution >= 0.6 is 0 Å². The second-order valence-electron chi connectivity index (χ2n) is 16.3. The first-order chi connectivity index (χ1) is 32.7. The first-order valence-corrected chi connectivity index (χ1v) is 22.0. The zero-order valence-corrected chi connectivity index (χ0v) is 35.6. The lowest BCUT2D eigenvalue weighted by Gasteiger charge is -2.14. The van der Waals surface area contributed by atoms with Gasteiger partial charge in [0.1, 0.15) is 0 Å². The molecule has 4 heterocycles. The molecule has 0 aliphatic rings. The van der Waals surface area contributed by atoms with Gasteiger partial charge >= 0.3 is 0 Å². The van der Waals surface area contributed by atoms with E-state index in [-0.39, 0.29) is 0 Å². The number of benzene rings is 8. The highest BCUT2D eigenvalue weighted by Crippen LogP contribution is 2.38. The van der Waals surface area contributed by atoms with Gasteiger partial charge in [-0.15, -0.1) is 0 Å². The molecule has 12 rings (SSSR count). The molecule has 0 N–H and O–H groups in total. The van der Waals surface area contributed by atoms with Gasteiger partial charge in [-0.1, -0.05) is 188 Å². The maximum atomic E-state index is 5.30. The van der Waals surface area contributed by atoms with Gasteiger partial charge in [0.15, 0.2) is 17.5 Å². The first kappa shape index (κ1) is 38.7. The Morgan fingerprint density at radius 1 is 0.258 bits per heavy atom. The van der Waals surface area contributed by atoms with Crippen LogP contribution in [0.3, 0.4) is 0 Å². The molecule has 0 unspecified atom stereocenters. The van der Waals surface area contributed by atoms with E-state index in [4.69, 9.17) is 24.9 Å². The lowest BCUT2D eigenvalue weighted by molar-refractivity contribution is 1.07. The normalized spacial score (nSPS) is 11.3. The SMILES string of the molecule is c1ccc(-c2ccc3ccc4c(-c5ccc(-c6cccc(-c7nc(-c8ccccc8)nc(-c8cccc(-c9cccc%10cnccc9%10)c8)n7)c6)cc5)cc(-c5ccccc5)nc4c3n2)cc1. The molecule has 0 radical (unpaired) electrons. The minimum absolute atomic E-state index is 0.604. The number of hydrogen-bond acceptors (Lipinski definition) is 6. The molecule has 12 aromatic rings. The van der Waals surface area contributed by atoms with Crippen LogP contribution in [0.5, 0.6) is 0 Å². The summed E-state index contributed by atoms with van der Waals surface area (Å²) in [7, 11) is 0. The van der Waals surface area contributed by atoms with Gasteiger partial charge in [-0.3, -0.25) is 4.98 Å². The Balaban J connectivity index is 0.934. The summed E-state index contributed by atoms with van der Waals surface area (Å²) in [5, 5.41) is 4.34. The van der Waals surface area contributed by atoms with Gasteiger partial charge in [-0.05, 0) is 69.1 Å². The van der Waals surface area contributed by atoms with Crippen molar-refractivity contribution >= 4 is 32.6 Å². The summed E-state index contributed by atoms with van der Waals surface area (Å²) in [5.74, 6) is 1.83. The van der Waals surface area contributed by atoms with E-state index in [1.807, 2.05) is 67.0 Å². The van der Waals surface area contributed by atoms with Crippen LogP contribution in [-0.2, 0) is 0 Å². The minimum Gasteiger partial charge on any atom is -0.264 e. The lowest BCUT2D eigenvalue weighted by Crippen LogP contribution is -2.00. The van der Waals surface area contributed by atoms with Crippen LogP contribution in [0.1, 0.15) is 0 Å². The van der Waals surface area contributed by atoms with Gasteiger partial charge in [0, 0.05) is 56.4 Å². The quantitative estimate of drug-likeness (QED) is 0.142. The van der Waals surface area contributed by atoms with Crippen molar-refractivity contribution in [3.8, 4) is 90.1 Å². The highest BCUT2D eigenvalue weighted by Gasteiger charge is 2.17. The third kappa shape index (κ3) is 7.32. The Morgan fingerprint density at radius 3 is 1.52 bits per heavy atom. The number of fused-ring (bicyclic) bond motifs is 4. The van der Waals surface area contributed by atoms with Crippen molar-refractivity contribution in [2.45, 2.75) is 0 Å². The summed E-state index contributed by atoms with van der Waals surface area (Å²) in [4.78, 5) is 30.1. The Bertz CT molecular complexity index is 3740. The largest absolute Gasteiger partial charge is 0.264 e. The van der Waals surface area contributed by atoms with E-state index >= 15 is 0 Å². The third-order valence-electron chi connectivity index (χ3n) is 12.2. The number of rotatable bonds is 8. The van der Waals surface area contributed by atoms with Crippen molar-refractivity contribution in [1.82, 2.24) is 29.9 Å². The van der Waals surface area contributed by atoms with E-state index in [0.29, 0.717) is 17.5 Å². The Hall–Kier alpha value is -9.00. The topological polar surface area (TPSA) is 77.3 Å². The molecule has 66 heavy (non-hydrogen) atoms. The Morgan fingerprint density at radius 2 is 0.803 bits per heavy atom. The predicted octanol–water partition coefficient (Wildman–Crippen LogP) is 14.9. The molecule has 0 aliphatic heterocycles. The maximum Gasteiger partial charge on any atom is 0.164 e. The molecule has 4 aromatic heterocycles. The average Bonchev–Trinajstić information content (AvgIpc) is 3.41. The van der Waals surface area contributed by atoms with Crippen molar-refractivity contribution in [2.24, 2.45) is 0 Å². The summed E-state index contributed by atoms with van der Waals surface area (Å²) >= 11 is 0. The smallest absolute Gasteiger partial charge is 0.164 e. The number of hydrogen-bond donors (Lipinski definition) is 0. The number of nitrogens with zero attached hydrogens (tertiary/aromatic N) is 6. The summed E-state index contributed by atoms with van der Waals surface area (Å²) in [6.07, 6.45) is 3.74. The van der Waals surface area contributed by atoms with Gasteiger partial charge in [0.25, 0.3) is 0 Å². The molecule has 0 atom stereocenters. The van der Waals surface area contributed by atoms with E-state index in [0.717, 1.165) is 105 Å². The van der Waals surface area contributed by atoms with E-state index in [2.05, 4.69) is 169 Å². The van der Waals surface area contributed by atoms with Crippen molar-refractivity contribution in [2.75, 3.05) is 0 Å². The van der Waals surface area contributed by atoms with Crippen molar-refractivity contribution in [3.05, 3.63) is 231 Å². The van der Waals surface area contributed by atoms with Gasteiger partial charge < -0.3 is 0 Å². The van der Waals surface area contributed by atoms with Crippen LogP contribution in [0.2, 0.25) is 0 Å². The summed E-state index contributed by atoms with van der Waals surface area (Å²) in [5.41, 5.74) is 15.0. The molecular formula is C60H38N6. The predicted molar refractivity (Wildman–Crippen MR) is 269 cm³/mol. The highest BCUT2D eigenvalue weighted by atomic mass is 15.0. The fourth-order valence-corrected chi connectivity index (χ4v) is 8.87. The summed E-state index contributed by atoms with van der Waals surface area (Å²) in [6, 6.07) is 75.6. The van der Waals surface area contributed by atoms with Crippen molar-refractivity contribution in [1.29, 1.82) is 0 Å². The molecule has 0 saturated heterocycles. The molecule has 0 fully saturated rings. The van der Waals surface area contributed by atoms with E-state index < -0.39 is 0 Å². The second-order valence-corrected chi connectivity index (χ2v) is 16.3. The van der Waals surface area contributed by atoms with Crippen LogP contribution in [-0.4, -0.2) is 29.9 Å². The zero-order valence-electron chi connectivity index (χ0n) is 35.6. The lowest BCUT2D eigenvalue weighted by atomic mass is 9.95. The minimum atomic E-state index is 0.604. The molecular weight excluding hydrogens is 805 g/mol. The number of aromatic nitrogens is 6. The van der Waals surface area contributed by atoms with Crippen LogP contribution in [0.15, 0.2) is 231 Å². The Labute approximate surface area is 381 Å². The van der Waals surface area contributed by atoms with Gasteiger partial charge in [-0.2, -0.15) is 0 Å². The maximum absolute atomic E-state index is 5.30. The zero-order chi connectivity index (χ0) is 43.8. The van der Waals surface area contributed by atoms with E-state index in [9.17, 15) is 0 Å². The van der Waals surface area contributed by atoms with Gasteiger partial charge in [0.2, 0.25) is 0 Å². The Kier molecular flexibility index (Phi) is 9.73. The standard InChI is InChI=1S/C60H38N6/c1-4-13-41(14-5-1)54-32-30-43-29-31-52-53(37-55(42-15-6-2-7-16-42)63-57(52)56(43)62-54)40-27-25-39(26-28-40)45-19-10-21-47(35-45)59-64-58(44-17-8-3-9-18-44)65-60(66-59)48-22-11-20-46(36-48)50-24-12-23-49-38-61-34-33-51(49)50/h1-38H. The van der Waals surface area contributed by atoms with Crippen LogP contribution in [0.4, 0.5) is 0 Å².